The monoisotopic (exact) mass is 318 g/mol. The molecule has 3 nitrogen and oxygen atoms in total. The molecule has 0 saturated heterocycles. The molecule has 3 rings (SSSR count). The van der Waals surface area contributed by atoms with E-state index in [2.05, 4.69) is 11.8 Å². The van der Waals surface area contributed by atoms with Crippen molar-refractivity contribution >= 4 is 5.78 Å². The lowest BCUT2D eigenvalue weighted by atomic mass is 9.45. The van der Waals surface area contributed by atoms with Gasteiger partial charge in [-0.05, 0) is 31.1 Å². The van der Waals surface area contributed by atoms with E-state index in [0.717, 1.165) is 12.8 Å². The second-order valence-corrected chi connectivity index (χ2v) is 8.27. The van der Waals surface area contributed by atoms with Crippen LogP contribution in [0.25, 0.3) is 0 Å². The second-order valence-electron chi connectivity index (χ2n) is 8.27. The molecule has 0 aromatic heterocycles. The van der Waals surface area contributed by atoms with Crippen LogP contribution in [0.1, 0.15) is 65.2 Å². The number of Topliss-reactive ketones (excluding diaryl/α,β-unsaturated/α-hetero) is 1. The molecule has 0 aliphatic heterocycles. The van der Waals surface area contributed by atoms with E-state index in [9.17, 15) is 15.0 Å². The quantitative estimate of drug-likeness (QED) is 0.770. The van der Waals surface area contributed by atoms with Crippen LogP contribution < -0.4 is 0 Å². The van der Waals surface area contributed by atoms with Gasteiger partial charge in [0, 0.05) is 11.3 Å². The highest BCUT2D eigenvalue weighted by atomic mass is 16.3. The van der Waals surface area contributed by atoms with Crippen LogP contribution >= 0.6 is 0 Å². The Balaban J connectivity index is 1.65. The van der Waals surface area contributed by atoms with Crippen LogP contribution in [-0.2, 0) is 4.79 Å². The molecule has 23 heavy (non-hydrogen) atoms. The molecule has 0 aromatic rings. The Bertz CT molecular complexity index is 511. The Morgan fingerprint density at radius 2 is 1.96 bits per heavy atom. The third-order valence-electron chi connectivity index (χ3n) is 6.71. The predicted molar refractivity (Wildman–Crippen MR) is 89.5 cm³/mol. The zero-order valence-electron chi connectivity index (χ0n) is 14.4. The first-order valence-electron chi connectivity index (χ1n) is 9.35. The first kappa shape index (κ1) is 17.0. The van der Waals surface area contributed by atoms with Gasteiger partial charge in [0.05, 0.1) is 12.0 Å². The number of rotatable bonds is 2. The Kier molecular flexibility index (Phi) is 4.85. The Labute approximate surface area is 139 Å². The summed E-state index contributed by atoms with van der Waals surface area (Å²) in [5, 5.41) is 20.6. The number of ketones is 1. The minimum atomic E-state index is -0.593. The summed E-state index contributed by atoms with van der Waals surface area (Å²) in [6, 6.07) is 0. The highest BCUT2D eigenvalue weighted by Crippen LogP contribution is 2.57. The van der Waals surface area contributed by atoms with Crippen molar-refractivity contribution in [2.24, 2.45) is 29.1 Å². The summed E-state index contributed by atoms with van der Waals surface area (Å²) < 4.78 is 0. The average Bonchev–Trinajstić information content (AvgIpc) is 2.55. The predicted octanol–water partition coefficient (Wildman–Crippen LogP) is 2.93. The van der Waals surface area contributed by atoms with Crippen LogP contribution in [0, 0.1) is 40.9 Å². The molecular formula is C20H30O3. The van der Waals surface area contributed by atoms with Crippen molar-refractivity contribution in [3.63, 3.8) is 0 Å². The molecule has 0 radical (unpaired) electrons. The highest BCUT2D eigenvalue weighted by molar-refractivity contribution is 5.93. The van der Waals surface area contributed by atoms with E-state index in [1.807, 2.05) is 13.8 Å². The summed E-state index contributed by atoms with van der Waals surface area (Å²) in [5.41, 5.74) is -0.299. The zero-order chi connectivity index (χ0) is 16.6. The smallest absolute Gasteiger partial charge is 0.142 e. The molecule has 128 valence electrons. The Morgan fingerprint density at radius 3 is 2.65 bits per heavy atom. The molecule has 3 heteroatoms. The van der Waals surface area contributed by atoms with Gasteiger partial charge in [-0.25, -0.2) is 0 Å². The van der Waals surface area contributed by atoms with Crippen molar-refractivity contribution in [3.05, 3.63) is 0 Å². The summed E-state index contributed by atoms with van der Waals surface area (Å²) in [6.07, 6.45) is 7.38. The van der Waals surface area contributed by atoms with Crippen molar-refractivity contribution < 1.29 is 15.0 Å². The maximum absolute atomic E-state index is 12.2. The molecule has 2 N–H and O–H groups in total. The van der Waals surface area contributed by atoms with Crippen molar-refractivity contribution in [2.75, 3.05) is 0 Å². The molecule has 3 aliphatic rings. The van der Waals surface area contributed by atoms with Gasteiger partial charge in [-0.1, -0.05) is 57.8 Å². The van der Waals surface area contributed by atoms with Gasteiger partial charge in [0.2, 0.25) is 0 Å². The van der Waals surface area contributed by atoms with E-state index < -0.39 is 12.2 Å². The molecule has 0 bridgehead atoms. The standard InChI is InChI=1S/C20H30O3/c1-13-18-16(17(22)10-11-20(18,2)19(13)23)9-8-15(21)12-14-6-4-3-5-7-14/h13-18,21-22H,3-7,10-12H2,1-2H3/t13?,15-,16+,17-,18-,20+/m1/s1. The zero-order valence-corrected chi connectivity index (χ0v) is 14.4. The molecule has 0 heterocycles. The fraction of sp³-hybridized carbons (Fsp3) is 0.850. The summed E-state index contributed by atoms with van der Waals surface area (Å²) in [7, 11) is 0. The molecule has 3 fully saturated rings. The van der Waals surface area contributed by atoms with Gasteiger partial charge in [0.1, 0.15) is 11.9 Å². The van der Waals surface area contributed by atoms with Crippen LogP contribution in [-0.4, -0.2) is 28.2 Å². The molecular weight excluding hydrogens is 288 g/mol. The maximum Gasteiger partial charge on any atom is 0.142 e. The van der Waals surface area contributed by atoms with E-state index in [0.29, 0.717) is 18.1 Å². The molecule has 0 spiro atoms. The van der Waals surface area contributed by atoms with E-state index in [1.165, 1.54) is 32.1 Å². The van der Waals surface area contributed by atoms with Gasteiger partial charge in [-0.15, -0.1) is 0 Å². The lowest BCUT2D eigenvalue weighted by molar-refractivity contribution is -0.169. The van der Waals surface area contributed by atoms with Gasteiger partial charge in [0.25, 0.3) is 0 Å². The lowest BCUT2D eigenvalue weighted by Gasteiger charge is -2.57. The molecule has 6 atom stereocenters. The summed E-state index contributed by atoms with van der Waals surface area (Å²) >= 11 is 0. The molecule has 3 saturated carbocycles. The molecule has 0 aromatic carbocycles. The van der Waals surface area contributed by atoms with Crippen molar-refractivity contribution in [2.45, 2.75) is 77.4 Å². The molecule has 0 amide bonds. The number of aliphatic hydroxyl groups excluding tert-OH is 2. The Morgan fingerprint density at radius 1 is 1.26 bits per heavy atom. The topological polar surface area (TPSA) is 57.5 Å². The minimum absolute atomic E-state index is 0.00950. The van der Waals surface area contributed by atoms with Gasteiger partial charge in [-0.2, -0.15) is 0 Å². The summed E-state index contributed by atoms with van der Waals surface area (Å²) in [5.74, 6) is 7.06. The Hall–Kier alpha value is -0.850. The normalized spacial score (nSPS) is 42.2. The van der Waals surface area contributed by atoms with Crippen LogP contribution in [0.3, 0.4) is 0 Å². The van der Waals surface area contributed by atoms with Crippen LogP contribution in [0.15, 0.2) is 0 Å². The number of hydrogen-bond donors (Lipinski definition) is 2. The third-order valence-corrected chi connectivity index (χ3v) is 6.71. The van der Waals surface area contributed by atoms with Gasteiger partial charge in [0.15, 0.2) is 0 Å². The van der Waals surface area contributed by atoms with Crippen LogP contribution in [0.2, 0.25) is 0 Å². The average molecular weight is 318 g/mol. The van der Waals surface area contributed by atoms with Gasteiger partial charge in [-0.3, -0.25) is 4.79 Å². The number of hydrogen-bond acceptors (Lipinski definition) is 3. The van der Waals surface area contributed by atoms with Crippen molar-refractivity contribution in [1.29, 1.82) is 0 Å². The lowest BCUT2D eigenvalue weighted by Crippen LogP contribution is -2.62. The van der Waals surface area contributed by atoms with Gasteiger partial charge >= 0.3 is 0 Å². The second kappa shape index (κ2) is 6.57. The number of carbonyl (C=O) groups is 1. The minimum Gasteiger partial charge on any atom is -0.392 e. The fourth-order valence-corrected chi connectivity index (χ4v) is 5.34. The molecule has 1 unspecified atom stereocenters. The maximum atomic E-state index is 12.2. The van der Waals surface area contributed by atoms with Crippen molar-refractivity contribution in [3.8, 4) is 11.8 Å². The van der Waals surface area contributed by atoms with Crippen molar-refractivity contribution in [1.82, 2.24) is 0 Å². The largest absolute Gasteiger partial charge is 0.392 e. The van der Waals surface area contributed by atoms with E-state index in [-0.39, 0.29) is 23.2 Å². The van der Waals surface area contributed by atoms with Gasteiger partial charge < -0.3 is 10.2 Å². The highest BCUT2D eigenvalue weighted by Gasteiger charge is 2.62. The summed E-state index contributed by atoms with van der Waals surface area (Å²) in [6.45, 7) is 3.99. The number of aliphatic hydroxyl groups is 2. The number of fused-ring (bicyclic) bond motifs is 1. The molecule has 3 aliphatic carbocycles. The van der Waals surface area contributed by atoms with E-state index in [1.54, 1.807) is 0 Å². The summed E-state index contributed by atoms with van der Waals surface area (Å²) in [4.78, 5) is 12.2. The third kappa shape index (κ3) is 3.08. The first-order chi connectivity index (χ1) is 10.9. The van der Waals surface area contributed by atoms with Crippen LogP contribution in [0.5, 0.6) is 0 Å². The first-order valence-corrected chi connectivity index (χ1v) is 9.35. The van der Waals surface area contributed by atoms with Crippen LogP contribution in [0.4, 0.5) is 0 Å². The SMILES string of the molecule is CC1C(=O)[C@@]2(C)CC[C@@H](O)[C@H](C#C[C@@H](O)CC3CCCCC3)[C@@H]12. The fourth-order valence-electron chi connectivity index (χ4n) is 5.34. The van der Waals surface area contributed by atoms with E-state index >= 15 is 0 Å². The number of carbonyl (C=O) groups excluding carboxylic acids is 1. The van der Waals surface area contributed by atoms with E-state index in [4.69, 9.17) is 0 Å².